The van der Waals surface area contributed by atoms with E-state index in [4.69, 9.17) is 0 Å². The predicted molar refractivity (Wildman–Crippen MR) is 62.8 cm³/mol. The molecule has 0 radical (unpaired) electrons. The van der Waals surface area contributed by atoms with Crippen LogP contribution >= 0.6 is 0 Å². The van der Waals surface area contributed by atoms with Crippen molar-refractivity contribution in [2.24, 2.45) is 5.92 Å². The molecule has 0 aromatic rings. The van der Waals surface area contributed by atoms with E-state index in [0.717, 1.165) is 38.9 Å². The lowest BCUT2D eigenvalue weighted by atomic mass is 9.97. The normalized spacial score (nSPS) is 22.1. The van der Waals surface area contributed by atoms with Gasteiger partial charge in [-0.3, -0.25) is 4.79 Å². The van der Waals surface area contributed by atoms with E-state index < -0.39 is 0 Å². The third kappa shape index (κ3) is 4.20. The molecule has 15 heavy (non-hydrogen) atoms. The number of hydrogen-bond donors (Lipinski definition) is 1. The van der Waals surface area contributed by atoms with Crippen LogP contribution in [0.5, 0.6) is 0 Å². The van der Waals surface area contributed by atoms with Crippen molar-refractivity contribution in [3.05, 3.63) is 0 Å². The van der Waals surface area contributed by atoms with Crippen LogP contribution in [0.4, 0.5) is 0 Å². The maximum atomic E-state index is 11.6. The largest absolute Gasteiger partial charge is 0.342 e. The van der Waals surface area contributed by atoms with E-state index >= 15 is 0 Å². The quantitative estimate of drug-likeness (QED) is 0.679. The lowest BCUT2D eigenvalue weighted by Gasteiger charge is -2.32. The lowest BCUT2D eigenvalue weighted by Crippen LogP contribution is -2.43. The number of carbonyl (C=O) groups excluding carboxylic acids is 1. The molecule has 1 N–H and O–H groups in total. The van der Waals surface area contributed by atoms with Crippen LogP contribution in [0.15, 0.2) is 0 Å². The van der Waals surface area contributed by atoms with Crippen molar-refractivity contribution < 1.29 is 4.79 Å². The molecule has 0 spiro atoms. The monoisotopic (exact) mass is 212 g/mol. The highest BCUT2D eigenvalue weighted by Gasteiger charge is 2.24. The minimum Gasteiger partial charge on any atom is -0.342 e. The number of amides is 1. The van der Waals surface area contributed by atoms with Crippen LogP contribution in [0.3, 0.4) is 0 Å². The number of rotatable bonds is 6. The smallest absolute Gasteiger partial charge is 0.222 e. The number of likely N-dealkylation sites (tertiary alicyclic amines) is 1. The summed E-state index contributed by atoms with van der Waals surface area (Å²) in [6.07, 6.45) is 5.43. The molecule has 1 amide bonds. The Morgan fingerprint density at radius 3 is 2.93 bits per heavy atom. The maximum Gasteiger partial charge on any atom is 0.222 e. The zero-order chi connectivity index (χ0) is 11.1. The number of piperidine rings is 1. The van der Waals surface area contributed by atoms with Gasteiger partial charge in [0.15, 0.2) is 0 Å². The number of nitrogens with one attached hydrogen (secondary N) is 1. The zero-order valence-corrected chi connectivity index (χ0v) is 10.1. The first kappa shape index (κ1) is 12.5. The molecular formula is C12H24N2O. The standard InChI is InChI=1S/C12H24N2O/c1-3-4-5-8-14-10-11(9-13-2)6-7-12(14)15/h11,13H,3-10H2,1-2H3. The summed E-state index contributed by atoms with van der Waals surface area (Å²) in [4.78, 5) is 13.7. The summed E-state index contributed by atoms with van der Waals surface area (Å²) < 4.78 is 0. The van der Waals surface area contributed by atoms with Gasteiger partial charge in [0.25, 0.3) is 0 Å². The van der Waals surface area contributed by atoms with Crippen LogP contribution < -0.4 is 5.32 Å². The van der Waals surface area contributed by atoms with Gasteiger partial charge in [0.2, 0.25) is 5.91 Å². The Labute approximate surface area is 93.2 Å². The second-order valence-corrected chi connectivity index (χ2v) is 4.51. The van der Waals surface area contributed by atoms with E-state index in [1.54, 1.807) is 0 Å². The van der Waals surface area contributed by atoms with E-state index in [9.17, 15) is 4.79 Å². The Hall–Kier alpha value is -0.570. The Morgan fingerprint density at radius 1 is 1.47 bits per heavy atom. The summed E-state index contributed by atoms with van der Waals surface area (Å²) in [6, 6.07) is 0. The first-order chi connectivity index (χ1) is 7.27. The molecular weight excluding hydrogens is 188 g/mol. The molecule has 3 nitrogen and oxygen atoms in total. The van der Waals surface area contributed by atoms with Crippen molar-refractivity contribution in [2.75, 3.05) is 26.7 Å². The van der Waals surface area contributed by atoms with Crippen molar-refractivity contribution in [3.63, 3.8) is 0 Å². The van der Waals surface area contributed by atoms with Crippen molar-refractivity contribution in [1.29, 1.82) is 0 Å². The topological polar surface area (TPSA) is 32.3 Å². The molecule has 1 rings (SSSR count). The highest BCUT2D eigenvalue weighted by molar-refractivity contribution is 5.76. The zero-order valence-electron chi connectivity index (χ0n) is 10.1. The summed E-state index contributed by atoms with van der Waals surface area (Å²) in [6.45, 7) is 5.16. The van der Waals surface area contributed by atoms with Crippen LogP contribution in [0, 0.1) is 5.92 Å². The Bertz CT molecular complexity index is 194. The minimum absolute atomic E-state index is 0.360. The highest BCUT2D eigenvalue weighted by Crippen LogP contribution is 2.17. The summed E-state index contributed by atoms with van der Waals surface area (Å²) in [5, 5.41) is 3.20. The molecule has 3 heteroatoms. The van der Waals surface area contributed by atoms with Gasteiger partial charge in [-0.1, -0.05) is 19.8 Å². The average molecular weight is 212 g/mol. The molecule has 1 aliphatic rings. The van der Waals surface area contributed by atoms with Crippen molar-refractivity contribution in [2.45, 2.75) is 39.0 Å². The molecule has 1 saturated heterocycles. The maximum absolute atomic E-state index is 11.6. The van der Waals surface area contributed by atoms with Gasteiger partial charge in [-0.25, -0.2) is 0 Å². The molecule has 1 heterocycles. The fourth-order valence-electron chi connectivity index (χ4n) is 2.21. The number of unbranched alkanes of at least 4 members (excludes halogenated alkanes) is 2. The highest BCUT2D eigenvalue weighted by atomic mass is 16.2. The molecule has 1 fully saturated rings. The van der Waals surface area contributed by atoms with Crippen molar-refractivity contribution in [3.8, 4) is 0 Å². The first-order valence-electron chi connectivity index (χ1n) is 6.20. The summed E-state index contributed by atoms with van der Waals surface area (Å²) in [5.74, 6) is 1.02. The number of carbonyl (C=O) groups is 1. The van der Waals surface area contributed by atoms with Gasteiger partial charge >= 0.3 is 0 Å². The van der Waals surface area contributed by atoms with E-state index in [1.807, 2.05) is 7.05 Å². The third-order valence-electron chi connectivity index (χ3n) is 3.12. The molecule has 0 bridgehead atoms. The van der Waals surface area contributed by atoms with Gasteiger partial charge in [-0.2, -0.15) is 0 Å². The lowest BCUT2D eigenvalue weighted by molar-refractivity contribution is -0.134. The van der Waals surface area contributed by atoms with Crippen LogP contribution in [-0.2, 0) is 4.79 Å². The summed E-state index contributed by atoms with van der Waals surface area (Å²) >= 11 is 0. The SMILES string of the molecule is CCCCCN1CC(CNC)CCC1=O. The Kier molecular flexibility index (Phi) is 5.69. The molecule has 1 aliphatic heterocycles. The van der Waals surface area contributed by atoms with E-state index in [1.165, 1.54) is 12.8 Å². The number of hydrogen-bond acceptors (Lipinski definition) is 2. The fraction of sp³-hybridized carbons (Fsp3) is 0.917. The van der Waals surface area contributed by atoms with E-state index in [-0.39, 0.29) is 0 Å². The van der Waals surface area contributed by atoms with Crippen LogP contribution in [0.1, 0.15) is 39.0 Å². The molecule has 0 aromatic heterocycles. The van der Waals surface area contributed by atoms with Crippen LogP contribution in [0.2, 0.25) is 0 Å². The van der Waals surface area contributed by atoms with Gasteiger partial charge in [0, 0.05) is 19.5 Å². The molecule has 0 saturated carbocycles. The summed E-state index contributed by atoms with van der Waals surface area (Å²) in [7, 11) is 1.98. The Balaban J connectivity index is 2.29. The van der Waals surface area contributed by atoms with Crippen molar-refractivity contribution in [1.82, 2.24) is 10.2 Å². The van der Waals surface area contributed by atoms with Gasteiger partial charge < -0.3 is 10.2 Å². The third-order valence-corrected chi connectivity index (χ3v) is 3.12. The van der Waals surface area contributed by atoms with E-state index in [2.05, 4.69) is 17.1 Å². The van der Waals surface area contributed by atoms with Crippen LogP contribution in [0.25, 0.3) is 0 Å². The van der Waals surface area contributed by atoms with Gasteiger partial charge in [0.1, 0.15) is 0 Å². The second-order valence-electron chi connectivity index (χ2n) is 4.51. The van der Waals surface area contributed by atoms with Gasteiger partial charge in [0.05, 0.1) is 0 Å². The molecule has 1 unspecified atom stereocenters. The first-order valence-corrected chi connectivity index (χ1v) is 6.20. The molecule has 0 aliphatic carbocycles. The van der Waals surface area contributed by atoms with Gasteiger partial charge in [-0.05, 0) is 32.4 Å². The number of nitrogens with zero attached hydrogens (tertiary/aromatic N) is 1. The molecule has 88 valence electrons. The molecule has 1 atom stereocenters. The van der Waals surface area contributed by atoms with E-state index in [0.29, 0.717) is 11.8 Å². The molecule has 0 aromatic carbocycles. The fourth-order valence-corrected chi connectivity index (χ4v) is 2.21. The summed E-state index contributed by atoms with van der Waals surface area (Å²) in [5.41, 5.74) is 0. The minimum atomic E-state index is 0.360. The van der Waals surface area contributed by atoms with Gasteiger partial charge in [-0.15, -0.1) is 0 Å². The second kappa shape index (κ2) is 6.83. The van der Waals surface area contributed by atoms with Crippen LogP contribution in [-0.4, -0.2) is 37.5 Å². The Morgan fingerprint density at radius 2 is 2.27 bits per heavy atom. The van der Waals surface area contributed by atoms with Crippen molar-refractivity contribution >= 4 is 5.91 Å². The average Bonchev–Trinajstić information content (AvgIpc) is 2.23. The predicted octanol–water partition coefficient (Wildman–Crippen LogP) is 1.63.